The summed E-state index contributed by atoms with van der Waals surface area (Å²) in [5.41, 5.74) is 0.168. The Labute approximate surface area is 77.9 Å². The summed E-state index contributed by atoms with van der Waals surface area (Å²) in [5.74, 6) is 0. The zero-order valence-corrected chi connectivity index (χ0v) is 7.02. The highest BCUT2D eigenvalue weighted by atomic mass is 35.5. The van der Waals surface area contributed by atoms with Crippen LogP contribution in [-0.4, -0.2) is 12.4 Å². The SMILES string of the molecule is FC(F)(F)[C-]=Nc1ccc(Cl)cc1. The normalized spacial score (nSPS) is 12.3. The van der Waals surface area contributed by atoms with Gasteiger partial charge in [-0.3, -0.25) is 0 Å². The van der Waals surface area contributed by atoms with Crippen LogP contribution in [0.1, 0.15) is 0 Å². The molecule has 0 bridgehead atoms. The zero-order valence-electron chi connectivity index (χ0n) is 6.27. The van der Waals surface area contributed by atoms with Gasteiger partial charge in [-0.05, 0) is 0 Å². The van der Waals surface area contributed by atoms with Gasteiger partial charge in [-0.15, -0.1) is 12.1 Å². The molecule has 70 valence electrons. The molecule has 0 N–H and O–H groups in total. The molecule has 0 spiro atoms. The number of nitrogens with zero attached hydrogens (tertiary/aromatic N) is 1. The Morgan fingerprint density at radius 3 is 2.15 bits per heavy atom. The van der Waals surface area contributed by atoms with E-state index in [1.54, 1.807) is 0 Å². The lowest BCUT2D eigenvalue weighted by molar-refractivity contribution is -0.0535. The van der Waals surface area contributed by atoms with Crippen LogP contribution in [0.25, 0.3) is 0 Å². The number of halogens is 4. The summed E-state index contributed by atoms with van der Waals surface area (Å²) in [6.07, 6.45) is -3.46. The second kappa shape index (κ2) is 3.79. The van der Waals surface area contributed by atoms with E-state index in [0.29, 0.717) is 5.02 Å². The van der Waals surface area contributed by atoms with Crippen LogP contribution in [0.15, 0.2) is 29.3 Å². The summed E-state index contributed by atoms with van der Waals surface area (Å²) in [4.78, 5) is 3.08. The largest absolute Gasteiger partial charge is 0.447 e. The highest BCUT2D eigenvalue weighted by Gasteiger charge is 2.15. The number of hydrogen-bond acceptors (Lipinski definition) is 1. The van der Waals surface area contributed by atoms with Gasteiger partial charge in [0.1, 0.15) is 0 Å². The van der Waals surface area contributed by atoms with Gasteiger partial charge in [0.2, 0.25) is 0 Å². The zero-order chi connectivity index (χ0) is 9.90. The van der Waals surface area contributed by atoms with Gasteiger partial charge in [-0.1, -0.05) is 35.6 Å². The third-order valence-electron chi connectivity index (χ3n) is 1.14. The minimum atomic E-state index is -4.50. The molecule has 0 amide bonds. The number of alkyl halides is 3. The molecule has 1 rings (SSSR count). The summed E-state index contributed by atoms with van der Waals surface area (Å²) < 4.78 is 34.8. The molecule has 1 aromatic rings. The lowest BCUT2D eigenvalue weighted by atomic mass is 10.3. The Hall–Kier alpha value is -1.03. The van der Waals surface area contributed by atoms with E-state index in [1.165, 1.54) is 24.3 Å². The van der Waals surface area contributed by atoms with Crippen LogP contribution in [0.2, 0.25) is 5.02 Å². The number of aliphatic imine (C=N–C) groups is 1. The standard InChI is InChI=1S/C8H4ClF3N/c9-6-1-3-7(4-2-6)13-5-8(10,11)12/h1-4H/q-1. The molecule has 0 unspecified atom stereocenters. The van der Waals surface area contributed by atoms with Crippen molar-refractivity contribution in [2.45, 2.75) is 6.18 Å². The summed E-state index contributed by atoms with van der Waals surface area (Å²) in [6, 6.07) is 5.67. The van der Waals surface area contributed by atoms with E-state index in [-0.39, 0.29) is 5.69 Å². The van der Waals surface area contributed by atoms with Crippen molar-refractivity contribution in [3.63, 3.8) is 0 Å². The first-order valence-corrected chi connectivity index (χ1v) is 3.65. The highest BCUT2D eigenvalue weighted by molar-refractivity contribution is 6.30. The quantitative estimate of drug-likeness (QED) is 0.493. The van der Waals surface area contributed by atoms with Crippen molar-refractivity contribution in [3.8, 4) is 0 Å². The molecule has 0 aliphatic carbocycles. The van der Waals surface area contributed by atoms with E-state index in [2.05, 4.69) is 4.99 Å². The molecule has 0 aliphatic heterocycles. The van der Waals surface area contributed by atoms with E-state index < -0.39 is 6.18 Å². The fourth-order valence-corrected chi connectivity index (χ4v) is 0.770. The summed E-state index contributed by atoms with van der Waals surface area (Å²) in [6.45, 7) is 0. The third kappa shape index (κ3) is 3.94. The summed E-state index contributed by atoms with van der Waals surface area (Å²) in [5, 5.41) is 0.450. The Morgan fingerprint density at radius 1 is 1.15 bits per heavy atom. The van der Waals surface area contributed by atoms with Crippen molar-refractivity contribution in [2.24, 2.45) is 4.99 Å². The van der Waals surface area contributed by atoms with Gasteiger partial charge in [-0.2, -0.15) is 13.2 Å². The smallest absolute Gasteiger partial charge is 0.350 e. The van der Waals surface area contributed by atoms with Crippen LogP contribution in [0, 0.1) is 0 Å². The molecule has 0 aromatic heterocycles. The van der Waals surface area contributed by atoms with Gasteiger partial charge in [0.15, 0.2) is 0 Å². The molecule has 5 heteroatoms. The number of hydrogen-bond donors (Lipinski definition) is 0. The first-order valence-electron chi connectivity index (χ1n) is 3.27. The van der Waals surface area contributed by atoms with Crippen molar-refractivity contribution >= 4 is 23.5 Å². The number of benzene rings is 1. The van der Waals surface area contributed by atoms with Crippen molar-refractivity contribution in [1.82, 2.24) is 0 Å². The first kappa shape index (κ1) is 10.1. The van der Waals surface area contributed by atoms with E-state index in [1.807, 2.05) is 0 Å². The molecule has 1 aromatic carbocycles. The van der Waals surface area contributed by atoms with Crippen LogP contribution in [0.4, 0.5) is 18.9 Å². The van der Waals surface area contributed by atoms with Crippen LogP contribution in [-0.2, 0) is 0 Å². The molecule has 0 saturated carbocycles. The van der Waals surface area contributed by atoms with E-state index in [9.17, 15) is 13.2 Å². The second-order valence-corrected chi connectivity index (χ2v) is 2.63. The van der Waals surface area contributed by atoms with Crippen LogP contribution < -0.4 is 0 Å². The molecule has 1 nitrogen and oxygen atoms in total. The molecule has 0 atom stereocenters. The van der Waals surface area contributed by atoms with Gasteiger partial charge >= 0.3 is 6.18 Å². The van der Waals surface area contributed by atoms with E-state index >= 15 is 0 Å². The molecular formula is C8H4ClF3N-. The molecule has 0 fully saturated rings. The minimum Gasteiger partial charge on any atom is -0.447 e. The van der Waals surface area contributed by atoms with Gasteiger partial charge in [0, 0.05) is 5.02 Å². The Bertz CT molecular complexity index is 302. The average Bonchev–Trinajstić information content (AvgIpc) is 2.02. The number of rotatable bonds is 1. The molecule has 13 heavy (non-hydrogen) atoms. The maximum Gasteiger partial charge on any atom is 0.350 e. The van der Waals surface area contributed by atoms with Crippen LogP contribution >= 0.6 is 11.6 Å². The third-order valence-corrected chi connectivity index (χ3v) is 1.39. The lowest BCUT2D eigenvalue weighted by Gasteiger charge is -2.07. The maximum atomic E-state index is 11.6. The molecule has 0 aliphatic rings. The topological polar surface area (TPSA) is 12.4 Å². The predicted molar refractivity (Wildman–Crippen MR) is 44.6 cm³/mol. The molecular weight excluding hydrogens is 203 g/mol. The van der Waals surface area contributed by atoms with Crippen molar-refractivity contribution in [2.75, 3.05) is 0 Å². The van der Waals surface area contributed by atoms with Gasteiger partial charge in [0.25, 0.3) is 0 Å². The highest BCUT2D eigenvalue weighted by Crippen LogP contribution is 2.18. The van der Waals surface area contributed by atoms with Gasteiger partial charge < -0.3 is 4.99 Å². The Kier molecular flexibility index (Phi) is 2.93. The predicted octanol–water partition coefficient (Wildman–Crippen LogP) is 3.48. The first-order chi connectivity index (χ1) is 5.97. The van der Waals surface area contributed by atoms with E-state index in [0.717, 1.165) is 6.21 Å². The van der Waals surface area contributed by atoms with Crippen molar-refractivity contribution in [1.29, 1.82) is 0 Å². The van der Waals surface area contributed by atoms with E-state index in [4.69, 9.17) is 11.6 Å². The summed E-state index contributed by atoms with van der Waals surface area (Å²) in [7, 11) is 0. The lowest BCUT2D eigenvalue weighted by Crippen LogP contribution is -2.07. The second-order valence-electron chi connectivity index (χ2n) is 2.20. The average molecular weight is 207 g/mol. The monoisotopic (exact) mass is 206 g/mol. The molecule has 0 radical (unpaired) electrons. The van der Waals surface area contributed by atoms with Crippen molar-refractivity contribution in [3.05, 3.63) is 29.3 Å². The van der Waals surface area contributed by atoms with Crippen molar-refractivity contribution < 1.29 is 13.2 Å². The van der Waals surface area contributed by atoms with Gasteiger partial charge in [0.05, 0.1) is 0 Å². The fraction of sp³-hybridized carbons (Fsp3) is 0.125. The fourth-order valence-electron chi connectivity index (χ4n) is 0.644. The molecule has 0 saturated heterocycles. The van der Waals surface area contributed by atoms with Crippen LogP contribution in [0.3, 0.4) is 0 Å². The minimum absolute atomic E-state index is 0.168. The Balaban J connectivity index is 2.75. The Morgan fingerprint density at radius 2 is 1.69 bits per heavy atom. The molecule has 0 heterocycles. The summed E-state index contributed by atoms with van der Waals surface area (Å²) >= 11 is 5.52. The van der Waals surface area contributed by atoms with Crippen LogP contribution in [0.5, 0.6) is 0 Å². The van der Waals surface area contributed by atoms with Gasteiger partial charge in [-0.25, -0.2) is 0 Å². The maximum absolute atomic E-state index is 11.6.